The summed E-state index contributed by atoms with van der Waals surface area (Å²) in [5.74, 6) is -0.221. The molecule has 6 nitrogen and oxygen atoms in total. The van der Waals surface area contributed by atoms with Gasteiger partial charge in [0.15, 0.2) is 11.5 Å². The van der Waals surface area contributed by atoms with Gasteiger partial charge in [-0.05, 0) is 6.92 Å². The van der Waals surface area contributed by atoms with Gasteiger partial charge in [-0.25, -0.2) is 9.97 Å². The topological polar surface area (TPSA) is 84.0 Å². The Hall–Kier alpha value is -1.98. The maximum Gasteiger partial charge on any atom is 0.273 e. The highest BCUT2D eigenvalue weighted by Crippen LogP contribution is 2.08. The Kier molecular flexibility index (Phi) is 3.11. The fraction of sp³-hybridized carbons (Fsp3) is 0.250. The summed E-state index contributed by atoms with van der Waals surface area (Å²) in [6.45, 7) is 1.72. The van der Waals surface area contributed by atoms with Crippen LogP contribution in [0.1, 0.15) is 16.2 Å². The normalized spacial score (nSPS) is 9.29. The lowest BCUT2D eigenvalue weighted by molar-refractivity contribution is -0.105. The molecule has 6 heteroatoms. The van der Waals surface area contributed by atoms with Gasteiger partial charge < -0.3 is 10.6 Å². The van der Waals surface area contributed by atoms with Crippen LogP contribution in [0.3, 0.4) is 0 Å². The van der Waals surface area contributed by atoms with Crippen molar-refractivity contribution in [1.29, 1.82) is 0 Å². The van der Waals surface area contributed by atoms with E-state index in [1.54, 1.807) is 6.92 Å². The molecule has 0 saturated heterocycles. The molecule has 0 saturated carbocycles. The number of hydrogen-bond acceptors (Lipinski definition) is 4. The maximum absolute atomic E-state index is 11.3. The minimum absolute atomic E-state index is 0.102. The molecule has 0 aromatic carbocycles. The summed E-state index contributed by atoms with van der Waals surface area (Å²) in [5.41, 5.74) is 0.729. The average molecular weight is 194 g/mol. The molecule has 74 valence electrons. The Bertz CT molecular complexity index is 364. The first-order chi connectivity index (χ1) is 6.69. The number of hydrogen-bond donors (Lipinski definition) is 2. The first-order valence-electron chi connectivity index (χ1n) is 3.95. The second kappa shape index (κ2) is 4.31. The average Bonchev–Trinajstić information content (AvgIpc) is 2.17. The van der Waals surface area contributed by atoms with Crippen LogP contribution < -0.4 is 10.6 Å². The summed E-state index contributed by atoms with van der Waals surface area (Å²) in [4.78, 5) is 29.3. The first kappa shape index (κ1) is 10.1. The Morgan fingerprint density at radius 2 is 2.29 bits per heavy atom. The van der Waals surface area contributed by atoms with E-state index in [9.17, 15) is 9.59 Å². The summed E-state index contributed by atoms with van der Waals surface area (Å²) in [6, 6.07) is 0. The number of rotatable bonds is 3. The van der Waals surface area contributed by atoms with Gasteiger partial charge in [0, 0.05) is 13.2 Å². The van der Waals surface area contributed by atoms with Gasteiger partial charge in [-0.1, -0.05) is 0 Å². The van der Waals surface area contributed by atoms with E-state index in [-0.39, 0.29) is 17.4 Å². The molecule has 1 rings (SSSR count). The number of amides is 2. The lowest BCUT2D eigenvalue weighted by atomic mass is 10.3. The van der Waals surface area contributed by atoms with E-state index < -0.39 is 0 Å². The molecule has 0 spiro atoms. The van der Waals surface area contributed by atoms with Crippen molar-refractivity contribution in [3.05, 3.63) is 17.6 Å². The number of carbonyl (C=O) groups excluding carboxylic acids is 2. The van der Waals surface area contributed by atoms with Gasteiger partial charge in [0.05, 0.1) is 5.69 Å². The molecule has 1 aromatic rings. The van der Waals surface area contributed by atoms with Crippen molar-refractivity contribution in [3.8, 4) is 0 Å². The zero-order valence-electron chi connectivity index (χ0n) is 7.87. The molecule has 2 N–H and O–H groups in total. The van der Waals surface area contributed by atoms with Crippen molar-refractivity contribution >= 4 is 18.1 Å². The Morgan fingerprint density at radius 3 is 2.86 bits per heavy atom. The molecule has 0 radical (unpaired) electrons. The second-order valence-electron chi connectivity index (χ2n) is 2.55. The lowest BCUT2D eigenvalue weighted by Crippen LogP contribution is -2.21. The highest BCUT2D eigenvalue weighted by molar-refractivity contribution is 5.98. The van der Waals surface area contributed by atoms with E-state index in [0.29, 0.717) is 12.1 Å². The van der Waals surface area contributed by atoms with E-state index >= 15 is 0 Å². The van der Waals surface area contributed by atoms with Crippen LogP contribution in [-0.4, -0.2) is 29.3 Å². The zero-order valence-corrected chi connectivity index (χ0v) is 7.87. The number of aromatic nitrogens is 2. The molecule has 14 heavy (non-hydrogen) atoms. The van der Waals surface area contributed by atoms with Gasteiger partial charge in [-0.3, -0.25) is 9.59 Å². The maximum atomic E-state index is 11.3. The quantitative estimate of drug-likeness (QED) is 0.648. The minimum Gasteiger partial charge on any atom is -0.354 e. The molecular weight excluding hydrogens is 184 g/mol. The Labute approximate surface area is 80.8 Å². The van der Waals surface area contributed by atoms with E-state index in [0.717, 1.165) is 0 Å². The third kappa shape index (κ3) is 2.03. The number of aryl methyl sites for hydroxylation is 1. The predicted octanol–water partition coefficient (Wildman–Crippen LogP) is -0.287. The first-order valence-corrected chi connectivity index (χ1v) is 3.95. The molecule has 1 heterocycles. The molecular formula is C8H10N4O2. The van der Waals surface area contributed by atoms with Gasteiger partial charge in [-0.15, -0.1) is 0 Å². The fourth-order valence-corrected chi connectivity index (χ4v) is 0.918. The van der Waals surface area contributed by atoms with Crippen molar-refractivity contribution in [2.24, 2.45) is 0 Å². The fourth-order valence-electron chi connectivity index (χ4n) is 0.918. The summed E-state index contributed by atoms with van der Waals surface area (Å²) in [5, 5.41) is 4.72. The third-order valence-corrected chi connectivity index (χ3v) is 1.53. The van der Waals surface area contributed by atoms with Crippen LogP contribution in [0.4, 0.5) is 5.82 Å². The zero-order chi connectivity index (χ0) is 10.6. The van der Waals surface area contributed by atoms with Gasteiger partial charge >= 0.3 is 0 Å². The highest BCUT2D eigenvalue weighted by atomic mass is 16.2. The Balaban J connectivity index is 3.13. The van der Waals surface area contributed by atoms with Crippen LogP contribution >= 0.6 is 0 Å². The Morgan fingerprint density at radius 1 is 1.57 bits per heavy atom. The van der Waals surface area contributed by atoms with E-state index in [1.165, 1.54) is 13.2 Å². The molecule has 0 aliphatic rings. The molecule has 1 aromatic heterocycles. The number of nitrogens with one attached hydrogen (secondary N) is 2. The van der Waals surface area contributed by atoms with Crippen LogP contribution in [0.15, 0.2) is 6.20 Å². The smallest absolute Gasteiger partial charge is 0.273 e. The van der Waals surface area contributed by atoms with Crippen molar-refractivity contribution in [2.45, 2.75) is 6.92 Å². The van der Waals surface area contributed by atoms with E-state index in [2.05, 4.69) is 20.6 Å². The van der Waals surface area contributed by atoms with Crippen LogP contribution in [0, 0.1) is 6.92 Å². The summed E-state index contributed by atoms with van der Waals surface area (Å²) >= 11 is 0. The SMILES string of the molecule is CNC(=O)c1ncc(C)nc1NC=O. The second-order valence-corrected chi connectivity index (χ2v) is 2.55. The van der Waals surface area contributed by atoms with Crippen molar-refractivity contribution < 1.29 is 9.59 Å². The van der Waals surface area contributed by atoms with Gasteiger partial charge in [0.2, 0.25) is 6.41 Å². The molecule has 0 aliphatic heterocycles. The van der Waals surface area contributed by atoms with Gasteiger partial charge in [-0.2, -0.15) is 0 Å². The molecule has 0 bridgehead atoms. The van der Waals surface area contributed by atoms with Crippen LogP contribution in [0.2, 0.25) is 0 Å². The van der Waals surface area contributed by atoms with E-state index in [1.807, 2.05) is 0 Å². The third-order valence-electron chi connectivity index (χ3n) is 1.53. The van der Waals surface area contributed by atoms with Crippen LogP contribution in [0.5, 0.6) is 0 Å². The molecule has 0 fully saturated rings. The molecule has 0 unspecified atom stereocenters. The molecule has 0 aliphatic carbocycles. The van der Waals surface area contributed by atoms with Crippen LogP contribution in [0.25, 0.3) is 0 Å². The number of carbonyl (C=O) groups is 2. The predicted molar refractivity (Wildman–Crippen MR) is 49.8 cm³/mol. The number of anilines is 1. The van der Waals surface area contributed by atoms with Crippen molar-refractivity contribution in [1.82, 2.24) is 15.3 Å². The summed E-state index contributed by atoms with van der Waals surface area (Å²) < 4.78 is 0. The van der Waals surface area contributed by atoms with Gasteiger partial charge in [0.25, 0.3) is 5.91 Å². The highest BCUT2D eigenvalue weighted by Gasteiger charge is 2.12. The van der Waals surface area contributed by atoms with E-state index in [4.69, 9.17) is 0 Å². The molecule has 2 amide bonds. The monoisotopic (exact) mass is 194 g/mol. The molecule has 0 atom stereocenters. The minimum atomic E-state index is -0.387. The van der Waals surface area contributed by atoms with Crippen molar-refractivity contribution in [3.63, 3.8) is 0 Å². The standard InChI is InChI=1S/C8H10N4O2/c1-5-3-10-6(8(14)9-2)7(12-5)11-4-13/h3-4H,1-2H3,(H,9,14)(H,11,12,13). The lowest BCUT2D eigenvalue weighted by Gasteiger charge is -2.05. The summed E-state index contributed by atoms with van der Waals surface area (Å²) in [7, 11) is 1.48. The van der Waals surface area contributed by atoms with Gasteiger partial charge in [0.1, 0.15) is 0 Å². The summed E-state index contributed by atoms with van der Waals surface area (Å²) in [6.07, 6.45) is 1.91. The van der Waals surface area contributed by atoms with Crippen LogP contribution in [-0.2, 0) is 4.79 Å². The van der Waals surface area contributed by atoms with Crippen molar-refractivity contribution in [2.75, 3.05) is 12.4 Å². The number of nitrogens with zero attached hydrogens (tertiary/aromatic N) is 2. The largest absolute Gasteiger partial charge is 0.354 e.